The minimum absolute atomic E-state index is 0.286. The number of aromatic nitrogens is 2. The first-order valence-corrected chi connectivity index (χ1v) is 20.6. The van der Waals surface area contributed by atoms with Crippen molar-refractivity contribution in [3.8, 4) is 11.3 Å². The SMILES string of the molecule is C=C1CN=C(/C=C\CCC)c2c(ccc3c2oc2ncccc23)CCC2c3ccccc3-c3cc(CC)c([Si](C)(C)C)c[n+]3C2C1. The van der Waals surface area contributed by atoms with Crippen LogP contribution in [0.15, 0.2) is 101 Å². The van der Waals surface area contributed by atoms with Gasteiger partial charge in [-0.25, -0.2) is 4.98 Å². The minimum atomic E-state index is -1.57. The van der Waals surface area contributed by atoms with Gasteiger partial charge in [-0.15, -0.1) is 0 Å². The normalized spacial score (nSPS) is 18.5. The van der Waals surface area contributed by atoms with Crippen LogP contribution >= 0.6 is 0 Å². The second kappa shape index (κ2) is 12.3. The second-order valence-electron chi connectivity index (χ2n) is 14.2. The molecule has 7 rings (SSSR count). The van der Waals surface area contributed by atoms with Gasteiger partial charge < -0.3 is 4.42 Å². The summed E-state index contributed by atoms with van der Waals surface area (Å²) in [5.74, 6) is 0.352. The third kappa shape index (κ3) is 5.39. The first-order valence-electron chi connectivity index (χ1n) is 17.1. The van der Waals surface area contributed by atoms with Gasteiger partial charge in [0.25, 0.3) is 0 Å². The molecule has 46 heavy (non-hydrogen) atoms. The van der Waals surface area contributed by atoms with Crippen molar-refractivity contribution in [1.29, 1.82) is 0 Å². The highest BCUT2D eigenvalue weighted by Gasteiger charge is 2.42. The van der Waals surface area contributed by atoms with Gasteiger partial charge in [0.15, 0.2) is 12.2 Å². The predicted molar refractivity (Wildman–Crippen MR) is 195 cm³/mol. The van der Waals surface area contributed by atoms with Crippen molar-refractivity contribution < 1.29 is 8.98 Å². The second-order valence-corrected chi connectivity index (χ2v) is 19.2. The maximum Gasteiger partial charge on any atom is 0.227 e. The Balaban J connectivity index is 1.42. The molecule has 0 radical (unpaired) electrons. The fourth-order valence-corrected chi connectivity index (χ4v) is 9.50. The fraction of sp³-hybridized carbons (Fsp3) is 0.341. The molecule has 4 nitrogen and oxygen atoms in total. The van der Waals surface area contributed by atoms with E-state index in [2.05, 4.69) is 116 Å². The molecule has 2 unspecified atom stereocenters. The molecule has 2 aliphatic rings. The van der Waals surface area contributed by atoms with Gasteiger partial charge in [0, 0.05) is 51.7 Å². The molecule has 0 saturated carbocycles. The van der Waals surface area contributed by atoms with Gasteiger partial charge in [0.05, 0.1) is 20.3 Å². The number of hydrogen-bond acceptors (Lipinski definition) is 3. The van der Waals surface area contributed by atoms with Crippen LogP contribution in [0.5, 0.6) is 0 Å². The first kappa shape index (κ1) is 30.6. The molecule has 234 valence electrons. The Hall–Kier alpha value is -4.09. The van der Waals surface area contributed by atoms with Crippen LogP contribution in [0.3, 0.4) is 0 Å². The predicted octanol–water partition coefficient (Wildman–Crippen LogP) is 9.42. The van der Waals surface area contributed by atoms with E-state index in [4.69, 9.17) is 9.41 Å². The lowest BCUT2D eigenvalue weighted by molar-refractivity contribution is -0.717. The Morgan fingerprint density at radius 2 is 1.89 bits per heavy atom. The number of benzene rings is 2. The van der Waals surface area contributed by atoms with Crippen LogP contribution in [0.4, 0.5) is 0 Å². The summed E-state index contributed by atoms with van der Waals surface area (Å²) in [7, 11) is -1.57. The molecule has 0 N–H and O–H groups in total. The molecule has 0 fully saturated rings. The number of rotatable bonds is 5. The largest absolute Gasteiger partial charge is 0.437 e. The van der Waals surface area contributed by atoms with Gasteiger partial charge in [0.2, 0.25) is 11.4 Å². The highest BCUT2D eigenvalue weighted by Crippen LogP contribution is 2.44. The van der Waals surface area contributed by atoms with Gasteiger partial charge in [-0.05, 0) is 72.2 Å². The maximum absolute atomic E-state index is 6.54. The number of unbranched alkanes of at least 4 members (excludes halogenated alkanes) is 1. The number of fused-ring (bicyclic) bond motifs is 11. The molecule has 0 aliphatic carbocycles. The summed E-state index contributed by atoms with van der Waals surface area (Å²) in [6.45, 7) is 17.2. The Morgan fingerprint density at radius 1 is 1.04 bits per heavy atom. The Kier molecular flexibility index (Phi) is 8.14. The molecule has 0 bridgehead atoms. The summed E-state index contributed by atoms with van der Waals surface area (Å²) >= 11 is 0. The molecule has 0 spiro atoms. The lowest BCUT2D eigenvalue weighted by Gasteiger charge is -2.33. The fourth-order valence-electron chi connectivity index (χ4n) is 7.76. The summed E-state index contributed by atoms with van der Waals surface area (Å²) < 4.78 is 9.18. The average Bonchev–Trinajstić information content (AvgIpc) is 3.42. The Bertz CT molecular complexity index is 2030. The van der Waals surface area contributed by atoms with Crippen LogP contribution in [-0.2, 0) is 12.8 Å². The zero-order valence-corrected chi connectivity index (χ0v) is 29.1. The van der Waals surface area contributed by atoms with E-state index >= 15 is 0 Å². The number of pyridine rings is 2. The number of hydrogen-bond donors (Lipinski definition) is 0. The molecule has 2 aliphatic heterocycles. The van der Waals surface area contributed by atoms with Gasteiger partial charge in [-0.2, -0.15) is 4.57 Å². The standard InChI is InChI=1S/C41H46N3OSi/c1-7-9-10-17-35-39-29(19-21-33-34-16-13-22-42-41(34)45-40(33)39)18-20-32-30-14-11-12-15-31(30)37-24-28(8-2)38(46(4,5)6)26-44(37)36(32)23-27(3)25-43-35/h10-17,19,21-22,24,26,32,36H,3,7-9,18,20,23,25H2,1-2,4-6H3/q+1/b17-10-,43-35?. The van der Waals surface area contributed by atoms with Crippen molar-refractivity contribution in [3.05, 3.63) is 114 Å². The van der Waals surface area contributed by atoms with Gasteiger partial charge in [-0.1, -0.05) is 82.9 Å². The number of furan rings is 1. The van der Waals surface area contributed by atoms with Crippen LogP contribution in [0.2, 0.25) is 19.6 Å². The van der Waals surface area contributed by atoms with Crippen LogP contribution < -0.4 is 9.75 Å². The van der Waals surface area contributed by atoms with Crippen molar-refractivity contribution >= 4 is 41.0 Å². The van der Waals surface area contributed by atoms with E-state index < -0.39 is 8.07 Å². The summed E-state index contributed by atoms with van der Waals surface area (Å²) in [4.78, 5) is 9.88. The van der Waals surface area contributed by atoms with Gasteiger partial charge in [-0.3, -0.25) is 4.99 Å². The summed E-state index contributed by atoms with van der Waals surface area (Å²) in [5, 5.41) is 3.72. The zero-order valence-electron chi connectivity index (χ0n) is 28.1. The molecule has 5 heterocycles. The van der Waals surface area contributed by atoms with Crippen molar-refractivity contribution in [3.63, 3.8) is 0 Å². The third-order valence-corrected chi connectivity index (χ3v) is 12.1. The molecule has 2 aromatic carbocycles. The number of aryl methyl sites for hydroxylation is 2. The average molecular weight is 625 g/mol. The van der Waals surface area contributed by atoms with Crippen molar-refractivity contribution in [2.75, 3.05) is 6.54 Å². The van der Waals surface area contributed by atoms with Crippen LogP contribution in [-0.4, -0.2) is 25.3 Å². The summed E-state index contributed by atoms with van der Waals surface area (Å²) in [6.07, 6.45) is 14.9. The summed E-state index contributed by atoms with van der Waals surface area (Å²) in [5.41, 5.74) is 11.8. The van der Waals surface area contributed by atoms with E-state index in [-0.39, 0.29) is 6.04 Å². The highest BCUT2D eigenvalue weighted by atomic mass is 28.3. The van der Waals surface area contributed by atoms with Crippen molar-refractivity contribution in [2.24, 2.45) is 4.99 Å². The zero-order chi connectivity index (χ0) is 32.0. The van der Waals surface area contributed by atoms with E-state index in [0.29, 0.717) is 18.2 Å². The molecular formula is C41H46N3OSi+. The quantitative estimate of drug-likeness (QED) is 0.111. The van der Waals surface area contributed by atoms with Gasteiger partial charge >= 0.3 is 0 Å². The molecule has 0 saturated heterocycles. The smallest absolute Gasteiger partial charge is 0.227 e. The first-order chi connectivity index (χ1) is 22.3. The third-order valence-electron chi connectivity index (χ3n) is 10.0. The lowest BCUT2D eigenvalue weighted by atomic mass is 9.77. The Morgan fingerprint density at radius 3 is 2.70 bits per heavy atom. The molecule has 5 aromatic rings. The van der Waals surface area contributed by atoms with Crippen LogP contribution in [0, 0.1) is 0 Å². The molecule has 3 aromatic heterocycles. The number of aliphatic imine (C=N–C) groups is 1. The molecular weight excluding hydrogens is 579 g/mol. The highest BCUT2D eigenvalue weighted by molar-refractivity contribution is 6.89. The van der Waals surface area contributed by atoms with E-state index in [0.717, 1.165) is 66.2 Å². The molecule has 2 atom stereocenters. The molecule has 5 heteroatoms. The monoisotopic (exact) mass is 624 g/mol. The van der Waals surface area contributed by atoms with Crippen LogP contribution in [0.25, 0.3) is 33.3 Å². The van der Waals surface area contributed by atoms with Gasteiger partial charge in [0.1, 0.15) is 5.58 Å². The molecule has 0 amide bonds. The van der Waals surface area contributed by atoms with E-state index in [9.17, 15) is 0 Å². The number of nitrogens with zero attached hydrogens (tertiary/aromatic N) is 3. The maximum atomic E-state index is 6.54. The van der Waals surface area contributed by atoms with E-state index in [1.807, 2.05) is 6.07 Å². The van der Waals surface area contributed by atoms with Crippen molar-refractivity contribution in [1.82, 2.24) is 4.98 Å². The topological polar surface area (TPSA) is 42.3 Å². The number of allylic oxidation sites excluding steroid dienone is 2. The van der Waals surface area contributed by atoms with E-state index in [1.54, 1.807) is 11.4 Å². The Labute approximate surface area is 274 Å². The minimum Gasteiger partial charge on any atom is -0.437 e. The summed E-state index contributed by atoms with van der Waals surface area (Å²) in [6, 6.07) is 20.6. The van der Waals surface area contributed by atoms with Crippen molar-refractivity contribution in [2.45, 2.75) is 84.0 Å². The lowest BCUT2D eigenvalue weighted by Crippen LogP contribution is -2.53. The van der Waals surface area contributed by atoms with E-state index in [1.165, 1.54) is 33.5 Å². The van der Waals surface area contributed by atoms with Crippen LogP contribution in [0.1, 0.15) is 73.7 Å².